The maximum atomic E-state index is 12.0. The van der Waals surface area contributed by atoms with Crippen LogP contribution in [0, 0.1) is 16.2 Å². The molecule has 2 rings (SSSR count). The molecule has 0 aromatic rings. The molecule has 2 saturated heterocycles. The van der Waals surface area contributed by atoms with Crippen LogP contribution in [0.3, 0.4) is 0 Å². The largest absolute Gasteiger partial charge is 0.501 e. The molecule has 2 fully saturated rings. The third kappa shape index (κ3) is 14.2. The van der Waals surface area contributed by atoms with Crippen LogP contribution in [-0.2, 0) is 45.6 Å². The van der Waals surface area contributed by atoms with E-state index in [0.717, 1.165) is 24.6 Å². The lowest BCUT2D eigenvalue weighted by atomic mass is 9.97. The highest BCUT2D eigenvalue weighted by atomic mass is 32.1. The number of ether oxygens (including phenoxy) is 2. The quantitative estimate of drug-likeness (QED) is 0.0948. The van der Waals surface area contributed by atoms with Gasteiger partial charge in [-0.3, -0.25) is 9.59 Å². The van der Waals surface area contributed by atoms with E-state index in [9.17, 15) is 9.59 Å². The first-order valence-electron chi connectivity index (χ1n) is 14.8. The molecule has 0 aromatic heterocycles. The zero-order chi connectivity index (χ0) is 30.6. The Morgan fingerprint density at radius 3 is 1.68 bits per heavy atom. The summed E-state index contributed by atoms with van der Waals surface area (Å²) < 4.78 is 48.4. The fourth-order valence-electron chi connectivity index (χ4n) is 4.07. The van der Waals surface area contributed by atoms with E-state index in [-0.39, 0.29) is 47.8 Å². The second kappa shape index (κ2) is 16.5. The molecule has 2 heterocycles. The minimum absolute atomic E-state index is 0.0261. The second-order valence-corrected chi connectivity index (χ2v) is 19.5. The van der Waals surface area contributed by atoms with Crippen LogP contribution in [0.25, 0.3) is 0 Å². The van der Waals surface area contributed by atoms with E-state index in [1.165, 1.54) is 6.92 Å². The van der Waals surface area contributed by atoms with E-state index in [2.05, 4.69) is 54.2 Å². The van der Waals surface area contributed by atoms with Crippen molar-refractivity contribution in [1.82, 2.24) is 0 Å². The van der Waals surface area contributed by atoms with Crippen LogP contribution >= 0.6 is 12.6 Å². The fraction of sp³-hybridized carbons (Fsp3) is 0.929. The van der Waals surface area contributed by atoms with Gasteiger partial charge >= 0.3 is 29.5 Å². The normalized spacial score (nSPS) is 21.3. The van der Waals surface area contributed by atoms with Crippen molar-refractivity contribution in [3.05, 3.63) is 0 Å². The summed E-state index contributed by atoms with van der Waals surface area (Å²) in [6.07, 6.45) is 3.15. The van der Waals surface area contributed by atoms with Crippen LogP contribution in [0.15, 0.2) is 0 Å². The molecule has 0 radical (unpaired) electrons. The standard InChI is InChI=1S/C28H54O10SSi2/c1-24(29)31-13-10-12-25(30)32-14-11-17-41(37-22-28(6,7)23-38-41)36-21-27(4,5)20-35-40(16-9-8-15-39)33-18-26(2,3)19-34-40/h39H,8-23H2,1-7H3. The molecule has 2 aliphatic rings. The molecule has 10 nitrogen and oxygen atoms in total. The van der Waals surface area contributed by atoms with Gasteiger partial charge in [0.1, 0.15) is 0 Å². The van der Waals surface area contributed by atoms with Crippen molar-refractivity contribution < 1.29 is 45.6 Å². The summed E-state index contributed by atoms with van der Waals surface area (Å²) in [6.45, 7) is 17.6. The Labute approximate surface area is 254 Å². The Morgan fingerprint density at radius 1 is 0.756 bits per heavy atom. The number of carbonyl (C=O) groups excluding carboxylic acids is 2. The number of rotatable bonds is 18. The molecule has 240 valence electrons. The monoisotopic (exact) mass is 638 g/mol. The summed E-state index contributed by atoms with van der Waals surface area (Å²) >= 11 is 4.35. The third-order valence-electron chi connectivity index (χ3n) is 6.71. The average Bonchev–Trinajstić information content (AvgIpc) is 2.90. The molecule has 0 atom stereocenters. The Bertz CT molecular complexity index is 804. The van der Waals surface area contributed by atoms with Gasteiger partial charge in [0, 0.05) is 81.3 Å². The molecular weight excluding hydrogens is 585 g/mol. The van der Waals surface area contributed by atoms with E-state index >= 15 is 0 Å². The Kier molecular flexibility index (Phi) is 14.8. The van der Waals surface area contributed by atoms with Crippen molar-refractivity contribution in [3.8, 4) is 0 Å². The van der Waals surface area contributed by atoms with Gasteiger partial charge in [0.2, 0.25) is 0 Å². The van der Waals surface area contributed by atoms with Crippen LogP contribution in [0.2, 0.25) is 12.1 Å². The lowest BCUT2D eigenvalue weighted by Gasteiger charge is -2.43. The topological polar surface area (TPSA) is 108 Å². The zero-order valence-electron chi connectivity index (χ0n) is 26.3. The van der Waals surface area contributed by atoms with Crippen LogP contribution in [0.5, 0.6) is 0 Å². The smallest absolute Gasteiger partial charge is 0.466 e. The van der Waals surface area contributed by atoms with Crippen molar-refractivity contribution in [2.75, 3.05) is 58.6 Å². The summed E-state index contributed by atoms with van der Waals surface area (Å²) in [6, 6.07) is 1.33. The lowest BCUT2D eigenvalue weighted by molar-refractivity contribution is -0.146. The van der Waals surface area contributed by atoms with Gasteiger partial charge in [0.15, 0.2) is 0 Å². The lowest BCUT2D eigenvalue weighted by Crippen LogP contribution is -2.56. The summed E-state index contributed by atoms with van der Waals surface area (Å²) in [7, 11) is -5.79. The van der Waals surface area contributed by atoms with Gasteiger partial charge in [-0.15, -0.1) is 0 Å². The van der Waals surface area contributed by atoms with Crippen LogP contribution < -0.4 is 0 Å². The molecule has 0 N–H and O–H groups in total. The Hall–Kier alpha value is -0.516. The molecule has 0 spiro atoms. The number of carbonyl (C=O) groups is 2. The third-order valence-corrected chi connectivity index (χ3v) is 12.5. The van der Waals surface area contributed by atoms with Crippen LogP contribution in [-0.4, -0.2) is 88.2 Å². The number of unbranched alkanes of at least 4 members (excludes halogenated alkanes) is 1. The van der Waals surface area contributed by atoms with Gasteiger partial charge in [-0.1, -0.05) is 41.5 Å². The molecule has 0 aromatic carbocycles. The molecule has 0 unspecified atom stereocenters. The maximum Gasteiger partial charge on any atom is 0.501 e. The van der Waals surface area contributed by atoms with E-state index in [1.807, 2.05) is 0 Å². The van der Waals surface area contributed by atoms with Crippen molar-refractivity contribution in [3.63, 3.8) is 0 Å². The summed E-state index contributed by atoms with van der Waals surface area (Å²) in [5.74, 6) is 0.153. The summed E-state index contributed by atoms with van der Waals surface area (Å²) in [5.41, 5.74) is -0.458. The average molecular weight is 639 g/mol. The van der Waals surface area contributed by atoms with Gasteiger partial charge in [-0.25, -0.2) is 0 Å². The van der Waals surface area contributed by atoms with E-state index in [1.54, 1.807) is 0 Å². The van der Waals surface area contributed by atoms with Gasteiger partial charge in [-0.05, 0) is 31.4 Å². The van der Waals surface area contributed by atoms with Gasteiger partial charge in [0.25, 0.3) is 0 Å². The number of esters is 2. The van der Waals surface area contributed by atoms with Crippen LogP contribution in [0.1, 0.15) is 80.6 Å². The highest BCUT2D eigenvalue weighted by molar-refractivity contribution is 7.80. The maximum absolute atomic E-state index is 12.0. The first kappa shape index (κ1) is 36.7. The van der Waals surface area contributed by atoms with Gasteiger partial charge in [-0.2, -0.15) is 12.6 Å². The number of thiol groups is 1. The van der Waals surface area contributed by atoms with Crippen molar-refractivity contribution in [2.45, 2.75) is 92.7 Å². The van der Waals surface area contributed by atoms with E-state index in [0.29, 0.717) is 58.5 Å². The first-order valence-corrected chi connectivity index (χ1v) is 19.3. The summed E-state index contributed by atoms with van der Waals surface area (Å²) in [5, 5.41) is 0. The number of hydrogen-bond acceptors (Lipinski definition) is 11. The minimum Gasteiger partial charge on any atom is -0.466 e. The second-order valence-electron chi connectivity index (χ2n) is 13.5. The fourth-order valence-corrected chi connectivity index (χ4v) is 10.6. The van der Waals surface area contributed by atoms with Crippen LogP contribution in [0.4, 0.5) is 0 Å². The Balaban J connectivity index is 1.89. The van der Waals surface area contributed by atoms with Gasteiger partial charge < -0.3 is 36.0 Å². The molecule has 0 bridgehead atoms. The molecule has 0 saturated carbocycles. The van der Waals surface area contributed by atoms with Gasteiger partial charge in [0.05, 0.1) is 13.2 Å². The number of hydrogen-bond donors (Lipinski definition) is 1. The predicted octanol–water partition coefficient (Wildman–Crippen LogP) is 5.06. The van der Waals surface area contributed by atoms with E-state index < -0.39 is 17.6 Å². The molecule has 0 aliphatic carbocycles. The van der Waals surface area contributed by atoms with Crippen molar-refractivity contribution in [1.29, 1.82) is 0 Å². The van der Waals surface area contributed by atoms with Crippen molar-refractivity contribution >= 4 is 42.2 Å². The Morgan fingerprint density at radius 2 is 1.22 bits per heavy atom. The molecule has 2 aliphatic heterocycles. The summed E-state index contributed by atoms with van der Waals surface area (Å²) in [4.78, 5) is 22.9. The predicted molar refractivity (Wildman–Crippen MR) is 163 cm³/mol. The molecule has 0 amide bonds. The molecular formula is C28H54O10SSi2. The molecule has 41 heavy (non-hydrogen) atoms. The zero-order valence-corrected chi connectivity index (χ0v) is 29.2. The molecule has 13 heteroatoms. The minimum atomic E-state index is -2.99. The highest BCUT2D eigenvalue weighted by Crippen LogP contribution is 2.35. The highest BCUT2D eigenvalue weighted by Gasteiger charge is 2.50. The first-order chi connectivity index (χ1) is 19.1. The van der Waals surface area contributed by atoms with Crippen molar-refractivity contribution in [2.24, 2.45) is 16.2 Å². The van der Waals surface area contributed by atoms with E-state index in [4.69, 9.17) is 36.0 Å². The SMILES string of the molecule is CC(=O)OCCCC(=O)OCCC[Si]1(OCC(C)(C)CO[Si]2(CCCCS)OCC(C)(C)CO2)OCC(C)(C)CO1.